The summed E-state index contributed by atoms with van der Waals surface area (Å²) in [6, 6.07) is 23.3. The molecule has 4 rings (SSSR count). The van der Waals surface area contributed by atoms with E-state index in [1.165, 1.54) is 16.7 Å². The summed E-state index contributed by atoms with van der Waals surface area (Å²) >= 11 is 5.40. The molecule has 1 aliphatic heterocycles. The number of nitrogens with zero attached hydrogens (tertiary/aromatic N) is 2. The predicted molar refractivity (Wildman–Crippen MR) is 123 cm³/mol. The lowest BCUT2D eigenvalue weighted by atomic mass is 9.95. The van der Waals surface area contributed by atoms with Gasteiger partial charge < -0.3 is 0 Å². The van der Waals surface area contributed by atoms with Crippen LogP contribution in [0.4, 0.5) is 0 Å². The molecule has 1 fully saturated rings. The van der Waals surface area contributed by atoms with Gasteiger partial charge in [-0.15, -0.1) is 0 Å². The second kappa shape index (κ2) is 8.91. The normalized spacial score (nSPS) is 22.2. The molecule has 2 heterocycles. The molecule has 0 spiro atoms. The SMILES string of the molecule is C[C@@H]1CN([C@@H](c2ccccc2)c2ccsc2)[C@@H](C)CN1Cc1cccc(Br)c1. The van der Waals surface area contributed by atoms with Gasteiger partial charge in [0.1, 0.15) is 0 Å². The van der Waals surface area contributed by atoms with E-state index in [1.54, 1.807) is 11.3 Å². The fourth-order valence-electron chi connectivity index (χ4n) is 4.32. The first-order valence-corrected chi connectivity index (χ1v) is 11.7. The first kappa shape index (κ1) is 19.8. The second-order valence-electron chi connectivity index (χ2n) is 7.82. The van der Waals surface area contributed by atoms with E-state index in [2.05, 4.69) is 111 Å². The Balaban J connectivity index is 1.55. The Kier molecular flexibility index (Phi) is 6.32. The quantitative estimate of drug-likeness (QED) is 0.452. The number of benzene rings is 2. The van der Waals surface area contributed by atoms with Gasteiger partial charge in [0.15, 0.2) is 0 Å². The monoisotopic (exact) mass is 454 g/mol. The third kappa shape index (κ3) is 4.41. The van der Waals surface area contributed by atoms with E-state index in [1.807, 2.05) is 0 Å². The van der Waals surface area contributed by atoms with Crippen molar-refractivity contribution in [1.82, 2.24) is 9.80 Å². The Bertz CT molecular complexity index is 881. The molecule has 0 unspecified atom stereocenters. The van der Waals surface area contributed by atoms with Gasteiger partial charge in [-0.1, -0.05) is 58.4 Å². The van der Waals surface area contributed by atoms with E-state index in [-0.39, 0.29) is 0 Å². The van der Waals surface area contributed by atoms with Crippen LogP contribution < -0.4 is 0 Å². The predicted octanol–water partition coefficient (Wildman–Crippen LogP) is 6.19. The van der Waals surface area contributed by atoms with Crippen LogP contribution in [0.2, 0.25) is 0 Å². The van der Waals surface area contributed by atoms with E-state index in [4.69, 9.17) is 0 Å². The van der Waals surface area contributed by atoms with E-state index < -0.39 is 0 Å². The molecule has 0 saturated carbocycles. The summed E-state index contributed by atoms with van der Waals surface area (Å²) < 4.78 is 1.16. The molecule has 4 heteroatoms. The Hall–Kier alpha value is -1.46. The number of piperazine rings is 1. The third-order valence-electron chi connectivity index (χ3n) is 5.74. The zero-order chi connectivity index (χ0) is 19.5. The van der Waals surface area contributed by atoms with Crippen LogP contribution in [-0.2, 0) is 6.54 Å². The molecule has 0 aliphatic carbocycles. The lowest BCUT2D eigenvalue weighted by molar-refractivity contribution is 0.0196. The van der Waals surface area contributed by atoms with Crippen molar-refractivity contribution in [3.8, 4) is 0 Å². The van der Waals surface area contributed by atoms with Crippen LogP contribution in [0.3, 0.4) is 0 Å². The highest BCUT2D eigenvalue weighted by Gasteiger charge is 2.34. The summed E-state index contributed by atoms with van der Waals surface area (Å²) in [7, 11) is 0. The largest absolute Gasteiger partial charge is 0.294 e. The van der Waals surface area contributed by atoms with Gasteiger partial charge in [-0.3, -0.25) is 9.80 Å². The van der Waals surface area contributed by atoms with Gasteiger partial charge >= 0.3 is 0 Å². The summed E-state index contributed by atoms with van der Waals surface area (Å²) in [5.41, 5.74) is 4.18. The maximum atomic E-state index is 3.60. The first-order chi connectivity index (χ1) is 13.6. The van der Waals surface area contributed by atoms with Crippen LogP contribution in [0.25, 0.3) is 0 Å². The van der Waals surface area contributed by atoms with Crippen molar-refractivity contribution in [1.29, 1.82) is 0 Å². The lowest BCUT2D eigenvalue weighted by Crippen LogP contribution is -2.56. The van der Waals surface area contributed by atoms with Crippen molar-refractivity contribution in [3.05, 3.63) is 92.6 Å². The van der Waals surface area contributed by atoms with Gasteiger partial charge in [-0.25, -0.2) is 0 Å². The Morgan fingerprint density at radius 2 is 1.79 bits per heavy atom. The highest BCUT2D eigenvalue weighted by atomic mass is 79.9. The second-order valence-corrected chi connectivity index (χ2v) is 9.52. The molecular weight excluding hydrogens is 428 g/mol. The van der Waals surface area contributed by atoms with E-state index in [9.17, 15) is 0 Å². The summed E-state index contributed by atoms with van der Waals surface area (Å²) in [6.45, 7) is 7.91. The molecule has 28 heavy (non-hydrogen) atoms. The summed E-state index contributed by atoms with van der Waals surface area (Å²) in [5.74, 6) is 0. The van der Waals surface area contributed by atoms with Gasteiger partial charge in [0, 0.05) is 36.2 Å². The maximum absolute atomic E-state index is 3.60. The van der Waals surface area contributed by atoms with E-state index >= 15 is 0 Å². The minimum absolute atomic E-state index is 0.331. The molecule has 3 aromatic rings. The number of hydrogen-bond donors (Lipinski definition) is 0. The number of hydrogen-bond acceptors (Lipinski definition) is 3. The molecule has 146 valence electrons. The molecule has 0 N–H and O–H groups in total. The fourth-order valence-corrected chi connectivity index (χ4v) is 5.44. The lowest BCUT2D eigenvalue weighted by Gasteiger charge is -2.47. The van der Waals surface area contributed by atoms with Gasteiger partial charge in [0.05, 0.1) is 6.04 Å². The maximum Gasteiger partial charge on any atom is 0.0613 e. The van der Waals surface area contributed by atoms with Crippen molar-refractivity contribution in [2.24, 2.45) is 0 Å². The van der Waals surface area contributed by atoms with Crippen molar-refractivity contribution in [3.63, 3.8) is 0 Å². The Morgan fingerprint density at radius 1 is 0.964 bits per heavy atom. The van der Waals surface area contributed by atoms with Crippen LogP contribution in [0.5, 0.6) is 0 Å². The Labute approximate surface area is 180 Å². The summed E-state index contributed by atoms with van der Waals surface area (Å²) in [5, 5.41) is 4.51. The summed E-state index contributed by atoms with van der Waals surface area (Å²) in [4.78, 5) is 5.32. The van der Waals surface area contributed by atoms with E-state index in [0.29, 0.717) is 18.1 Å². The molecule has 3 atom stereocenters. The van der Waals surface area contributed by atoms with Crippen LogP contribution in [-0.4, -0.2) is 35.0 Å². The fraction of sp³-hybridized carbons (Fsp3) is 0.333. The smallest absolute Gasteiger partial charge is 0.0613 e. The molecule has 1 aromatic heterocycles. The summed E-state index contributed by atoms with van der Waals surface area (Å²) in [6.07, 6.45) is 0. The van der Waals surface area contributed by atoms with Crippen LogP contribution in [0.15, 0.2) is 75.9 Å². The zero-order valence-corrected chi connectivity index (χ0v) is 18.9. The minimum Gasteiger partial charge on any atom is -0.294 e. The first-order valence-electron chi connectivity index (χ1n) is 9.93. The van der Waals surface area contributed by atoms with Crippen molar-refractivity contribution in [2.75, 3.05) is 13.1 Å². The van der Waals surface area contributed by atoms with Crippen LogP contribution in [0.1, 0.15) is 36.6 Å². The van der Waals surface area contributed by atoms with Crippen molar-refractivity contribution < 1.29 is 0 Å². The molecule has 0 bridgehead atoms. The number of rotatable bonds is 5. The van der Waals surface area contributed by atoms with Crippen LogP contribution in [0, 0.1) is 0 Å². The topological polar surface area (TPSA) is 6.48 Å². The van der Waals surface area contributed by atoms with Gasteiger partial charge in [-0.05, 0) is 59.5 Å². The van der Waals surface area contributed by atoms with Gasteiger partial charge in [-0.2, -0.15) is 11.3 Å². The molecule has 0 amide bonds. The van der Waals surface area contributed by atoms with Crippen LogP contribution >= 0.6 is 27.3 Å². The zero-order valence-electron chi connectivity index (χ0n) is 16.5. The van der Waals surface area contributed by atoms with E-state index in [0.717, 1.165) is 24.1 Å². The molecular formula is C24H27BrN2S. The standard InChI is InChI=1S/C24H27BrN2S/c1-18-15-27(19(2)14-26(18)16-20-7-6-10-23(25)13-20)24(22-11-12-28-17-22)21-8-4-3-5-9-21/h3-13,17-19,24H,14-16H2,1-2H3/t18-,19+,24+/m1/s1. The number of halogens is 1. The highest BCUT2D eigenvalue weighted by Crippen LogP contribution is 2.34. The minimum atomic E-state index is 0.331. The molecule has 0 radical (unpaired) electrons. The van der Waals surface area contributed by atoms with Gasteiger partial charge in [0.2, 0.25) is 0 Å². The average Bonchev–Trinajstić information content (AvgIpc) is 3.21. The number of thiophene rings is 1. The Morgan fingerprint density at radius 3 is 2.50 bits per heavy atom. The highest BCUT2D eigenvalue weighted by molar-refractivity contribution is 9.10. The van der Waals surface area contributed by atoms with Gasteiger partial charge in [0.25, 0.3) is 0 Å². The van der Waals surface area contributed by atoms with Crippen molar-refractivity contribution >= 4 is 27.3 Å². The third-order valence-corrected chi connectivity index (χ3v) is 6.94. The van der Waals surface area contributed by atoms with Crippen molar-refractivity contribution in [2.45, 2.75) is 38.5 Å². The molecule has 2 nitrogen and oxygen atoms in total. The molecule has 1 aliphatic rings. The molecule has 2 aromatic carbocycles. The average molecular weight is 455 g/mol. The molecule has 1 saturated heterocycles.